The Balaban J connectivity index is 2.96. The highest BCUT2D eigenvalue weighted by Crippen LogP contribution is 2.23. The van der Waals surface area contributed by atoms with E-state index < -0.39 is 32.8 Å². The van der Waals surface area contributed by atoms with Crippen molar-refractivity contribution in [2.45, 2.75) is 58.4 Å². The number of carbonyl (C=O) groups excluding carboxylic acids is 1. The van der Waals surface area contributed by atoms with E-state index in [0.717, 1.165) is 0 Å². The van der Waals surface area contributed by atoms with E-state index >= 15 is 0 Å². The number of hydrogen-bond donors (Lipinski definition) is 1. The normalized spacial score (nSPS) is 14.0. The van der Waals surface area contributed by atoms with Crippen molar-refractivity contribution in [3.05, 3.63) is 5.89 Å². The van der Waals surface area contributed by atoms with Crippen molar-refractivity contribution in [3.8, 4) is 0 Å². The summed E-state index contributed by atoms with van der Waals surface area (Å²) in [6.07, 6.45) is -0.635. The maximum Gasteiger partial charge on any atom is 0.408 e. The van der Waals surface area contributed by atoms with E-state index in [1.807, 2.05) is 13.8 Å². The van der Waals surface area contributed by atoms with Crippen LogP contribution in [-0.2, 0) is 14.6 Å². The second kappa shape index (κ2) is 6.64. The molecule has 0 bridgehead atoms. The minimum atomic E-state index is -3.58. The Morgan fingerprint density at radius 3 is 2.36 bits per heavy atom. The number of hydrogen-bond acceptors (Lipinski definition) is 7. The standard InChI is InChI=1S/C13H23N3O5S/c1-7-22(18,19)12-16-15-10(20-12)9(8(2)3)14-11(17)21-13(4,5)6/h8-9H,7H2,1-6H3,(H,14,17)/t9-/m1/s1. The molecule has 0 aliphatic carbocycles. The highest BCUT2D eigenvalue weighted by Gasteiger charge is 2.29. The van der Waals surface area contributed by atoms with E-state index in [4.69, 9.17) is 9.15 Å². The zero-order valence-electron chi connectivity index (χ0n) is 13.7. The first kappa shape index (κ1) is 18.4. The minimum absolute atomic E-state index is 0.0351. The van der Waals surface area contributed by atoms with Crippen molar-refractivity contribution < 1.29 is 22.4 Å². The molecule has 1 N–H and O–H groups in total. The van der Waals surface area contributed by atoms with Crippen LogP contribution in [0.25, 0.3) is 0 Å². The van der Waals surface area contributed by atoms with Gasteiger partial charge < -0.3 is 14.5 Å². The summed E-state index contributed by atoms with van der Waals surface area (Å²) in [5.74, 6) is -0.196. The van der Waals surface area contributed by atoms with Crippen LogP contribution >= 0.6 is 0 Å². The Bertz CT molecular complexity index is 616. The predicted octanol–water partition coefficient (Wildman–Crippen LogP) is 2.08. The van der Waals surface area contributed by atoms with Crippen molar-refractivity contribution in [2.75, 3.05) is 5.75 Å². The fourth-order valence-electron chi connectivity index (χ4n) is 1.54. The Hall–Kier alpha value is -1.64. The monoisotopic (exact) mass is 333 g/mol. The van der Waals surface area contributed by atoms with E-state index in [1.165, 1.54) is 6.92 Å². The molecule has 1 heterocycles. The lowest BCUT2D eigenvalue weighted by atomic mass is 10.1. The first-order chi connectivity index (χ1) is 9.96. The maximum atomic E-state index is 11.9. The second-order valence-electron chi connectivity index (χ2n) is 6.18. The molecule has 8 nitrogen and oxygen atoms in total. The lowest BCUT2D eigenvalue weighted by Gasteiger charge is -2.23. The number of sulfone groups is 1. The molecule has 0 aliphatic heterocycles. The zero-order valence-corrected chi connectivity index (χ0v) is 14.5. The van der Waals surface area contributed by atoms with Crippen LogP contribution in [0.3, 0.4) is 0 Å². The molecule has 1 rings (SSSR count). The average molecular weight is 333 g/mol. The van der Waals surface area contributed by atoms with Gasteiger partial charge in [-0.25, -0.2) is 13.2 Å². The van der Waals surface area contributed by atoms with Crippen LogP contribution in [0.1, 0.15) is 53.5 Å². The van der Waals surface area contributed by atoms with Gasteiger partial charge in [-0.2, -0.15) is 0 Å². The van der Waals surface area contributed by atoms with Crippen molar-refractivity contribution in [1.82, 2.24) is 15.5 Å². The molecule has 1 aromatic rings. The molecule has 22 heavy (non-hydrogen) atoms. The van der Waals surface area contributed by atoms with Crippen LogP contribution < -0.4 is 5.32 Å². The number of rotatable bonds is 5. The Labute approximate surface area is 130 Å². The number of nitrogens with zero attached hydrogens (tertiary/aromatic N) is 2. The molecule has 1 atom stereocenters. The van der Waals surface area contributed by atoms with Crippen LogP contribution in [0.5, 0.6) is 0 Å². The fraction of sp³-hybridized carbons (Fsp3) is 0.769. The van der Waals surface area contributed by atoms with Gasteiger partial charge in [-0.15, -0.1) is 5.10 Å². The van der Waals surface area contributed by atoms with Gasteiger partial charge in [-0.3, -0.25) is 0 Å². The summed E-state index contributed by atoms with van der Waals surface area (Å²) < 4.78 is 33.8. The van der Waals surface area contributed by atoms with Crippen molar-refractivity contribution in [3.63, 3.8) is 0 Å². The molecule has 0 aromatic carbocycles. The summed E-state index contributed by atoms with van der Waals surface area (Å²) >= 11 is 0. The molecule has 0 radical (unpaired) electrons. The Morgan fingerprint density at radius 1 is 1.32 bits per heavy atom. The average Bonchev–Trinajstić information content (AvgIpc) is 2.83. The van der Waals surface area contributed by atoms with Gasteiger partial charge in [0.2, 0.25) is 15.7 Å². The lowest BCUT2D eigenvalue weighted by molar-refractivity contribution is 0.0477. The van der Waals surface area contributed by atoms with Gasteiger partial charge in [0.1, 0.15) is 11.6 Å². The summed E-state index contributed by atoms with van der Waals surface area (Å²) in [4.78, 5) is 11.9. The molecule has 126 valence electrons. The first-order valence-electron chi connectivity index (χ1n) is 7.02. The number of aromatic nitrogens is 2. The summed E-state index contributed by atoms with van der Waals surface area (Å²) in [5.41, 5.74) is -0.642. The van der Waals surface area contributed by atoms with Crippen LogP contribution in [-0.4, -0.2) is 36.1 Å². The minimum Gasteiger partial charge on any atom is -0.444 e. The lowest BCUT2D eigenvalue weighted by Crippen LogP contribution is -2.37. The van der Waals surface area contributed by atoms with Crippen molar-refractivity contribution in [2.24, 2.45) is 5.92 Å². The van der Waals surface area contributed by atoms with Gasteiger partial charge in [0.15, 0.2) is 0 Å². The molecule has 0 saturated heterocycles. The first-order valence-corrected chi connectivity index (χ1v) is 8.67. The summed E-state index contributed by atoms with van der Waals surface area (Å²) in [7, 11) is -3.58. The molecule has 1 amide bonds. The van der Waals surface area contributed by atoms with Crippen molar-refractivity contribution in [1.29, 1.82) is 0 Å². The molecular weight excluding hydrogens is 310 g/mol. The van der Waals surface area contributed by atoms with Crippen molar-refractivity contribution >= 4 is 15.9 Å². The van der Waals surface area contributed by atoms with Crippen LogP contribution in [0.4, 0.5) is 4.79 Å². The maximum absolute atomic E-state index is 11.9. The molecule has 0 fully saturated rings. The van der Waals surface area contributed by atoms with Gasteiger partial charge in [-0.1, -0.05) is 25.9 Å². The highest BCUT2D eigenvalue weighted by molar-refractivity contribution is 7.91. The van der Waals surface area contributed by atoms with Gasteiger partial charge in [0.05, 0.1) is 5.75 Å². The third-order valence-electron chi connectivity index (χ3n) is 2.67. The summed E-state index contributed by atoms with van der Waals surface area (Å²) in [5, 5.41) is 9.46. The quantitative estimate of drug-likeness (QED) is 0.878. The number of carbonyl (C=O) groups is 1. The second-order valence-corrected chi connectivity index (χ2v) is 8.33. The third-order valence-corrected chi connectivity index (χ3v) is 4.13. The third kappa shape index (κ3) is 4.97. The molecule has 0 unspecified atom stereocenters. The molecule has 0 spiro atoms. The molecule has 0 saturated carbocycles. The number of amides is 1. The van der Waals surface area contributed by atoms with E-state index in [9.17, 15) is 13.2 Å². The number of nitrogens with one attached hydrogen (secondary N) is 1. The van der Waals surface area contributed by atoms with E-state index in [0.29, 0.717) is 0 Å². The molecule has 9 heteroatoms. The fourth-order valence-corrected chi connectivity index (χ4v) is 2.17. The molecule has 0 aliphatic rings. The summed E-state index contributed by atoms with van der Waals surface area (Å²) in [6.45, 7) is 10.4. The smallest absolute Gasteiger partial charge is 0.408 e. The van der Waals surface area contributed by atoms with Gasteiger partial charge in [-0.05, 0) is 26.7 Å². The zero-order chi connectivity index (χ0) is 17.1. The van der Waals surface area contributed by atoms with Gasteiger partial charge in [0.25, 0.3) is 0 Å². The number of ether oxygens (including phenoxy) is 1. The predicted molar refractivity (Wildman–Crippen MR) is 79.0 cm³/mol. The van der Waals surface area contributed by atoms with E-state index in [1.54, 1.807) is 20.8 Å². The molecular formula is C13H23N3O5S. The van der Waals surface area contributed by atoms with Crippen LogP contribution in [0, 0.1) is 5.92 Å². The van der Waals surface area contributed by atoms with Crippen LogP contribution in [0.15, 0.2) is 9.64 Å². The Kier molecular flexibility index (Phi) is 5.55. The van der Waals surface area contributed by atoms with E-state index in [-0.39, 0.29) is 17.6 Å². The van der Waals surface area contributed by atoms with Gasteiger partial charge >= 0.3 is 11.3 Å². The SMILES string of the molecule is CCS(=O)(=O)c1nnc([C@H](NC(=O)OC(C)(C)C)C(C)C)o1. The molecule has 1 aromatic heterocycles. The number of alkyl carbamates (subject to hydrolysis) is 1. The largest absolute Gasteiger partial charge is 0.444 e. The van der Waals surface area contributed by atoms with Crippen LogP contribution in [0.2, 0.25) is 0 Å². The van der Waals surface area contributed by atoms with Gasteiger partial charge in [0, 0.05) is 0 Å². The topological polar surface area (TPSA) is 111 Å². The summed E-state index contributed by atoms with van der Waals surface area (Å²) in [6, 6.07) is -0.636. The van der Waals surface area contributed by atoms with E-state index in [2.05, 4.69) is 15.5 Å². The highest BCUT2D eigenvalue weighted by atomic mass is 32.2. The Morgan fingerprint density at radius 2 is 1.91 bits per heavy atom.